The fraction of sp³-hybridized carbons (Fsp3) is 0.250. The number of nitrogens with zero attached hydrogens (tertiary/aromatic N) is 2. The number of para-hydroxylation sites is 1. The van der Waals surface area contributed by atoms with Crippen LogP contribution in [0.5, 0.6) is 0 Å². The number of carbonyl (C=O) groups is 1. The molecule has 2 heterocycles. The molecule has 0 aromatic heterocycles. The van der Waals surface area contributed by atoms with Gasteiger partial charge in [0.1, 0.15) is 4.32 Å². The number of benzene rings is 1. The monoisotopic (exact) mass is 348 g/mol. The molecule has 3 rings (SSSR count). The van der Waals surface area contributed by atoms with E-state index in [9.17, 15) is 4.79 Å². The molecule has 2 aliphatic heterocycles. The van der Waals surface area contributed by atoms with Crippen LogP contribution < -0.4 is 4.90 Å². The highest BCUT2D eigenvalue weighted by Crippen LogP contribution is 2.45. The van der Waals surface area contributed by atoms with Crippen molar-refractivity contribution in [3.05, 3.63) is 47.1 Å². The zero-order chi connectivity index (χ0) is 15.7. The van der Waals surface area contributed by atoms with Crippen molar-refractivity contribution in [1.29, 1.82) is 0 Å². The predicted molar refractivity (Wildman–Crippen MR) is 99.1 cm³/mol. The Bertz CT molecular complexity index is 696. The maximum absolute atomic E-state index is 12.0. The van der Waals surface area contributed by atoms with Crippen molar-refractivity contribution in [1.82, 2.24) is 4.90 Å². The number of likely N-dealkylation sites (N-methyl/N-ethyl adjacent to an activating group) is 1. The van der Waals surface area contributed by atoms with Gasteiger partial charge in [0, 0.05) is 18.0 Å². The van der Waals surface area contributed by atoms with Crippen molar-refractivity contribution < 1.29 is 4.79 Å². The summed E-state index contributed by atoms with van der Waals surface area (Å²) in [6.45, 7) is 5.76. The van der Waals surface area contributed by atoms with Crippen LogP contribution in [-0.4, -0.2) is 27.4 Å². The molecule has 1 aromatic rings. The molecule has 0 N–H and O–H groups in total. The Kier molecular flexibility index (Phi) is 4.61. The molecule has 1 aromatic carbocycles. The van der Waals surface area contributed by atoms with Gasteiger partial charge in [-0.25, -0.2) is 0 Å². The number of carbonyl (C=O) groups excluding carboxylic acids is 1. The van der Waals surface area contributed by atoms with Gasteiger partial charge in [-0.15, -0.1) is 0 Å². The van der Waals surface area contributed by atoms with Crippen molar-refractivity contribution in [3.8, 4) is 0 Å². The quantitative estimate of drug-likeness (QED) is 0.599. The van der Waals surface area contributed by atoms with E-state index in [4.69, 9.17) is 12.2 Å². The van der Waals surface area contributed by atoms with Crippen LogP contribution in [0.1, 0.15) is 13.8 Å². The summed E-state index contributed by atoms with van der Waals surface area (Å²) in [6.07, 6.45) is 3.92. The maximum Gasteiger partial charge on any atom is 0.242 e. The van der Waals surface area contributed by atoms with Crippen molar-refractivity contribution in [2.75, 3.05) is 18.0 Å². The van der Waals surface area contributed by atoms with Gasteiger partial charge in [-0.2, -0.15) is 0 Å². The number of thioether (sulfide) groups is 2. The minimum atomic E-state index is 0.0345. The average molecular weight is 349 g/mol. The average Bonchev–Trinajstić information content (AvgIpc) is 3.00. The lowest BCUT2D eigenvalue weighted by Crippen LogP contribution is -2.21. The molecule has 1 fully saturated rings. The molecule has 0 spiro atoms. The van der Waals surface area contributed by atoms with Crippen LogP contribution in [0, 0.1) is 0 Å². The van der Waals surface area contributed by atoms with E-state index in [0.717, 1.165) is 29.9 Å². The molecule has 0 amide bonds. The molecule has 0 saturated carbocycles. The summed E-state index contributed by atoms with van der Waals surface area (Å²) < 4.78 is 0.645. The topological polar surface area (TPSA) is 23.6 Å². The third-order valence-electron chi connectivity index (χ3n) is 3.55. The Balaban J connectivity index is 1.92. The minimum Gasteiger partial charge on any atom is -0.335 e. The normalized spacial score (nSPS) is 21.4. The van der Waals surface area contributed by atoms with E-state index in [2.05, 4.69) is 36.1 Å². The fourth-order valence-electron chi connectivity index (χ4n) is 2.51. The summed E-state index contributed by atoms with van der Waals surface area (Å²) in [5.74, 6) is 0. The van der Waals surface area contributed by atoms with Crippen LogP contribution in [0.2, 0.25) is 0 Å². The maximum atomic E-state index is 12.0. The molecule has 0 unspecified atom stereocenters. The van der Waals surface area contributed by atoms with E-state index < -0.39 is 0 Å². The third-order valence-corrected chi connectivity index (χ3v) is 5.94. The summed E-state index contributed by atoms with van der Waals surface area (Å²) >= 11 is 8.11. The molecule has 0 atom stereocenters. The van der Waals surface area contributed by atoms with E-state index in [1.165, 1.54) is 10.6 Å². The first-order valence-corrected chi connectivity index (χ1v) is 9.20. The number of allylic oxidation sites excluding steroid dienone is 2. The Morgan fingerprint density at radius 1 is 1.09 bits per heavy atom. The Morgan fingerprint density at radius 3 is 2.55 bits per heavy atom. The van der Waals surface area contributed by atoms with Crippen molar-refractivity contribution in [2.24, 2.45) is 0 Å². The van der Waals surface area contributed by atoms with E-state index in [-0.39, 0.29) is 5.12 Å². The highest BCUT2D eigenvalue weighted by Gasteiger charge is 2.30. The molecule has 3 nitrogen and oxygen atoms in total. The molecule has 114 valence electrons. The van der Waals surface area contributed by atoms with Crippen LogP contribution in [-0.2, 0) is 4.79 Å². The number of rotatable bonds is 3. The van der Waals surface area contributed by atoms with Gasteiger partial charge in [-0.1, -0.05) is 36.1 Å². The molecule has 0 radical (unpaired) electrons. The lowest BCUT2D eigenvalue weighted by Gasteiger charge is -2.18. The highest BCUT2D eigenvalue weighted by molar-refractivity contribution is 8.33. The number of anilines is 1. The van der Waals surface area contributed by atoms with Gasteiger partial charge in [-0.3, -0.25) is 4.79 Å². The zero-order valence-corrected chi connectivity index (χ0v) is 14.9. The third kappa shape index (κ3) is 2.71. The van der Waals surface area contributed by atoms with Crippen molar-refractivity contribution in [2.45, 2.75) is 18.7 Å². The van der Waals surface area contributed by atoms with Gasteiger partial charge in [-0.05, 0) is 49.9 Å². The van der Waals surface area contributed by atoms with Crippen LogP contribution in [0.25, 0.3) is 0 Å². The second-order valence-corrected chi connectivity index (χ2v) is 7.44. The van der Waals surface area contributed by atoms with Gasteiger partial charge in [0.25, 0.3) is 0 Å². The highest BCUT2D eigenvalue weighted by atomic mass is 32.2. The molecular formula is C16H16N2OS3. The lowest BCUT2D eigenvalue weighted by atomic mass is 10.3. The summed E-state index contributed by atoms with van der Waals surface area (Å²) in [7, 11) is 0. The van der Waals surface area contributed by atoms with E-state index in [1.54, 1.807) is 11.8 Å². The molecular weight excluding hydrogens is 332 g/mol. The van der Waals surface area contributed by atoms with Crippen LogP contribution in [0.4, 0.5) is 5.69 Å². The first-order chi connectivity index (χ1) is 10.7. The summed E-state index contributed by atoms with van der Waals surface area (Å²) in [4.78, 5) is 17.5. The van der Waals surface area contributed by atoms with E-state index >= 15 is 0 Å². The Labute approximate surface area is 144 Å². The Morgan fingerprint density at radius 2 is 1.82 bits per heavy atom. The molecule has 22 heavy (non-hydrogen) atoms. The van der Waals surface area contributed by atoms with Crippen molar-refractivity contribution >= 4 is 50.9 Å². The van der Waals surface area contributed by atoms with Gasteiger partial charge in [0.2, 0.25) is 5.12 Å². The van der Waals surface area contributed by atoms with Gasteiger partial charge in [0.15, 0.2) is 0 Å². The Hall–Kier alpha value is -1.24. The zero-order valence-electron chi connectivity index (χ0n) is 12.4. The molecule has 1 saturated heterocycles. The number of hydrogen-bond acceptors (Lipinski definition) is 5. The summed E-state index contributed by atoms with van der Waals surface area (Å²) in [5, 5.41) is 1.18. The second-order valence-electron chi connectivity index (χ2n) is 4.77. The molecule has 2 aliphatic rings. The van der Waals surface area contributed by atoms with Crippen LogP contribution in [0.3, 0.4) is 0 Å². The SMILES string of the molecule is CCN1C(=S)SC(=O)/C1=C/C=C1/Sc2ccccc2N1CC. The first kappa shape index (κ1) is 15.6. The van der Waals surface area contributed by atoms with Gasteiger partial charge in [0.05, 0.1) is 16.4 Å². The molecule has 0 bridgehead atoms. The van der Waals surface area contributed by atoms with E-state index in [0.29, 0.717) is 10.0 Å². The standard InChI is InChI=1S/C16H16N2OS3/c1-3-17-11-7-5-6-8-13(11)21-14(17)10-9-12-15(19)22-16(20)18(12)4-2/h5-10H,3-4H2,1-2H3/b12-9-,14-10+. The van der Waals surface area contributed by atoms with Crippen molar-refractivity contribution in [3.63, 3.8) is 0 Å². The predicted octanol–water partition coefficient (Wildman–Crippen LogP) is 4.22. The lowest BCUT2D eigenvalue weighted by molar-refractivity contribution is -0.108. The van der Waals surface area contributed by atoms with Gasteiger partial charge >= 0.3 is 0 Å². The largest absolute Gasteiger partial charge is 0.335 e. The summed E-state index contributed by atoms with van der Waals surface area (Å²) in [6, 6.07) is 8.36. The minimum absolute atomic E-state index is 0.0345. The first-order valence-electron chi connectivity index (χ1n) is 7.15. The summed E-state index contributed by atoms with van der Waals surface area (Å²) in [5.41, 5.74) is 1.91. The van der Waals surface area contributed by atoms with Gasteiger partial charge < -0.3 is 9.80 Å². The second kappa shape index (κ2) is 6.48. The number of hydrogen-bond donors (Lipinski definition) is 0. The number of thiocarbonyl (C=S) groups is 1. The molecule has 0 aliphatic carbocycles. The van der Waals surface area contributed by atoms with Crippen LogP contribution in [0.15, 0.2) is 52.0 Å². The molecule has 6 heteroatoms. The van der Waals surface area contributed by atoms with Crippen LogP contribution >= 0.6 is 35.7 Å². The van der Waals surface area contributed by atoms with E-state index in [1.807, 2.05) is 24.0 Å². The fourth-order valence-corrected chi connectivity index (χ4v) is 4.87. The number of fused-ring (bicyclic) bond motifs is 1. The smallest absolute Gasteiger partial charge is 0.242 e.